The summed E-state index contributed by atoms with van der Waals surface area (Å²) in [5, 5.41) is 8.21. The molecule has 1 N–H and O–H groups in total. The number of nitrogens with zero attached hydrogens (tertiary/aromatic N) is 5. The molecule has 140 valence electrons. The van der Waals surface area contributed by atoms with Gasteiger partial charge in [-0.3, -0.25) is 9.79 Å². The van der Waals surface area contributed by atoms with Gasteiger partial charge in [-0.2, -0.15) is 5.10 Å². The minimum atomic E-state index is 0.0127. The second-order valence-corrected chi connectivity index (χ2v) is 7.42. The summed E-state index contributed by atoms with van der Waals surface area (Å²) in [6, 6.07) is 8.18. The van der Waals surface area contributed by atoms with Gasteiger partial charge < -0.3 is 10.2 Å². The van der Waals surface area contributed by atoms with Crippen LogP contribution < -0.4 is 5.32 Å². The van der Waals surface area contributed by atoms with Gasteiger partial charge in [0.25, 0.3) is 0 Å². The minimum absolute atomic E-state index is 0.0127. The van der Waals surface area contributed by atoms with Crippen LogP contribution in [0, 0.1) is 6.92 Å². The Hall–Kier alpha value is -2.61. The van der Waals surface area contributed by atoms with Crippen LogP contribution in [0.3, 0.4) is 0 Å². The third kappa shape index (κ3) is 3.49. The number of hydrogen-bond donors (Lipinski definition) is 1. The van der Waals surface area contributed by atoms with Crippen LogP contribution in [0.15, 0.2) is 40.4 Å². The van der Waals surface area contributed by atoms with Crippen molar-refractivity contribution < 1.29 is 4.79 Å². The van der Waals surface area contributed by atoms with E-state index in [1.807, 2.05) is 29.9 Å². The molecular weight excluding hydrogens is 360 g/mol. The van der Waals surface area contributed by atoms with Crippen molar-refractivity contribution in [3.05, 3.63) is 41.6 Å². The van der Waals surface area contributed by atoms with E-state index < -0.39 is 0 Å². The standard InChI is InChI=1S/C19H22N6OS/c1-3-20-16(26)12-27-19-23-18-15(17-21-8-5-9-24(17)19)11-22-25(18)14-7-4-6-13(2)10-14/h4,6-7,10-11H,3,5,8-9,12H2,1-2H3,(H,20,26). The van der Waals surface area contributed by atoms with E-state index in [1.165, 1.54) is 17.3 Å². The lowest BCUT2D eigenvalue weighted by Gasteiger charge is -2.32. The number of hydrogen-bond acceptors (Lipinski definition) is 6. The van der Waals surface area contributed by atoms with Gasteiger partial charge in [0.15, 0.2) is 11.0 Å². The lowest BCUT2D eigenvalue weighted by atomic mass is 10.2. The van der Waals surface area contributed by atoms with Gasteiger partial charge in [-0.25, -0.2) is 9.67 Å². The van der Waals surface area contributed by atoms with E-state index in [4.69, 9.17) is 9.98 Å². The fourth-order valence-electron chi connectivity index (χ4n) is 3.22. The molecule has 0 fully saturated rings. The summed E-state index contributed by atoms with van der Waals surface area (Å²) in [6.07, 6.45) is 2.81. The van der Waals surface area contributed by atoms with E-state index >= 15 is 0 Å². The van der Waals surface area contributed by atoms with Crippen LogP contribution in [0.25, 0.3) is 5.69 Å². The van der Waals surface area contributed by atoms with Gasteiger partial charge in [0.05, 0.1) is 23.2 Å². The Labute approximate surface area is 162 Å². The summed E-state index contributed by atoms with van der Waals surface area (Å²) in [4.78, 5) is 23.6. The molecule has 0 unspecified atom stereocenters. The number of carbonyl (C=O) groups excluding carboxylic acids is 1. The fourth-order valence-corrected chi connectivity index (χ4v) is 4.06. The van der Waals surface area contributed by atoms with Gasteiger partial charge in [-0.1, -0.05) is 23.9 Å². The highest BCUT2D eigenvalue weighted by molar-refractivity contribution is 8.14. The largest absolute Gasteiger partial charge is 0.356 e. The molecule has 1 aromatic carbocycles. The van der Waals surface area contributed by atoms with Crippen molar-refractivity contribution in [2.45, 2.75) is 20.3 Å². The average molecular weight is 382 g/mol. The van der Waals surface area contributed by atoms with Crippen molar-refractivity contribution in [3.8, 4) is 5.69 Å². The Kier molecular flexibility index (Phi) is 4.98. The molecule has 0 radical (unpaired) electrons. The summed E-state index contributed by atoms with van der Waals surface area (Å²) in [7, 11) is 0. The number of thioether (sulfide) groups is 1. The topological polar surface area (TPSA) is 74.9 Å². The Bertz CT molecular complexity index is 932. The number of aliphatic imine (C=N–C) groups is 2. The van der Waals surface area contributed by atoms with Gasteiger partial charge in [-0.15, -0.1) is 0 Å². The molecule has 27 heavy (non-hydrogen) atoms. The second-order valence-electron chi connectivity index (χ2n) is 6.48. The highest BCUT2D eigenvalue weighted by Gasteiger charge is 2.31. The van der Waals surface area contributed by atoms with Crippen molar-refractivity contribution in [1.82, 2.24) is 20.0 Å². The Morgan fingerprint density at radius 1 is 1.37 bits per heavy atom. The monoisotopic (exact) mass is 382 g/mol. The Morgan fingerprint density at radius 3 is 3.07 bits per heavy atom. The summed E-state index contributed by atoms with van der Waals surface area (Å²) in [5.74, 6) is 2.03. The van der Waals surface area contributed by atoms with Gasteiger partial charge in [0.2, 0.25) is 5.91 Å². The molecule has 1 amide bonds. The molecule has 4 rings (SSSR count). The van der Waals surface area contributed by atoms with Crippen molar-refractivity contribution >= 4 is 34.5 Å². The molecule has 0 bridgehead atoms. The van der Waals surface area contributed by atoms with Crippen LogP contribution in [-0.4, -0.2) is 57.0 Å². The predicted octanol–water partition coefficient (Wildman–Crippen LogP) is 2.50. The third-order valence-electron chi connectivity index (χ3n) is 4.43. The van der Waals surface area contributed by atoms with Crippen molar-refractivity contribution in [2.24, 2.45) is 9.98 Å². The molecule has 3 heterocycles. The molecule has 0 atom stereocenters. The van der Waals surface area contributed by atoms with Crippen LogP contribution in [0.1, 0.15) is 24.5 Å². The molecule has 2 aliphatic heterocycles. The first kappa shape index (κ1) is 17.8. The van der Waals surface area contributed by atoms with Gasteiger partial charge in [0, 0.05) is 19.6 Å². The Morgan fingerprint density at radius 2 is 2.26 bits per heavy atom. The maximum Gasteiger partial charge on any atom is 0.230 e. The van der Waals surface area contributed by atoms with Crippen LogP contribution in [0.4, 0.5) is 5.82 Å². The molecule has 0 saturated heterocycles. The van der Waals surface area contributed by atoms with Crippen LogP contribution in [-0.2, 0) is 4.79 Å². The number of benzene rings is 1. The highest BCUT2D eigenvalue weighted by Crippen LogP contribution is 2.33. The SMILES string of the molecule is CCNC(=O)CSC1=Nc2c(cnn2-c2cccc(C)c2)C2=NCCCN12. The number of nitrogens with one attached hydrogen (secondary N) is 1. The Balaban J connectivity index is 1.73. The van der Waals surface area contributed by atoms with E-state index in [-0.39, 0.29) is 5.91 Å². The highest BCUT2D eigenvalue weighted by atomic mass is 32.2. The number of carbonyl (C=O) groups is 1. The fraction of sp³-hybridized carbons (Fsp3) is 0.368. The van der Waals surface area contributed by atoms with Crippen molar-refractivity contribution in [3.63, 3.8) is 0 Å². The zero-order valence-corrected chi connectivity index (χ0v) is 16.3. The third-order valence-corrected chi connectivity index (χ3v) is 5.40. The lowest BCUT2D eigenvalue weighted by Crippen LogP contribution is -2.42. The van der Waals surface area contributed by atoms with Crippen LogP contribution >= 0.6 is 11.8 Å². The molecule has 0 spiro atoms. The first-order valence-corrected chi connectivity index (χ1v) is 10.1. The number of aromatic nitrogens is 2. The smallest absolute Gasteiger partial charge is 0.230 e. The minimum Gasteiger partial charge on any atom is -0.356 e. The molecule has 2 aliphatic rings. The first-order valence-electron chi connectivity index (χ1n) is 9.13. The zero-order valence-electron chi connectivity index (χ0n) is 15.5. The van der Waals surface area contributed by atoms with E-state index in [1.54, 1.807) is 0 Å². The zero-order chi connectivity index (χ0) is 18.8. The molecule has 0 saturated carbocycles. The molecule has 8 heteroatoms. The van der Waals surface area contributed by atoms with Gasteiger partial charge in [-0.05, 0) is 38.0 Å². The molecular formula is C19H22N6OS. The van der Waals surface area contributed by atoms with Gasteiger partial charge >= 0.3 is 0 Å². The number of aryl methyl sites for hydroxylation is 1. The summed E-state index contributed by atoms with van der Waals surface area (Å²) in [6.45, 7) is 6.27. The number of amidine groups is 2. The summed E-state index contributed by atoms with van der Waals surface area (Å²) >= 11 is 1.45. The maximum atomic E-state index is 11.9. The first-order chi connectivity index (χ1) is 13.2. The van der Waals surface area contributed by atoms with Gasteiger partial charge in [0.1, 0.15) is 5.84 Å². The van der Waals surface area contributed by atoms with E-state index in [2.05, 4.69) is 34.4 Å². The van der Waals surface area contributed by atoms with Crippen LogP contribution in [0.5, 0.6) is 0 Å². The van der Waals surface area contributed by atoms with Crippen molar-refractivity contribution in [2.75, 3.05) is 25.4 Å². The number of amides is 1. The predicted molar refractivity (Wildman–Crippen MR) is 109 cm³/mol. The summed E-state index contributed by atoms with van der Waals surface area (Å²) < 4.78 is 1.85. The number of fused-ring (bicyclic) bond motifs is 3. The average Bonchev–Trinajstić information content (AvgIpc) is 3.10. The van der Waals surface area contributed by atoms with E-state index in [0.29, 0.717) is 12.3 Å². The van der Waals surface area contributed by atoms with E-state index in [9.17, 15) is 4.79 Å². The molecule has 1 aromatic heterocycles. The van der Waals surface area contributed by atoms with E-state index in [0.717, 1.165) is 47.6 Å². The molecule has 7 nitrogen and oxygen atoms in total. The van der Waals surface area contributed by atoms with Crippen molar-refractivity contribution in [1.29, 1.82) is 0 Å². The van der Waals surface area contributed by atoms with Crippen LogP contribution in [0.2, 0.25) is 0 Å². The normalized spacial score (nSPS) is 15.6. The quantitative estimate of drug-likeness (QED) is 0.882. The lowest BCUT2D eigenvalue weighted by molar-refractivity contribution is -0.118. The maximum absolute atomic E-state index is 11.9. The molecule has 2 aromatic rings. The second kappa shape index (κ2) is 7.56. The summed E-state index contributed by atoms with van der Waals surface area (Å²) in [5.41, 5.74) is 3.08. The number of rotatable bonds is 4. The molecule has 0 aliphatic carbocycles.